The molecule has 4 rings (SSSR count). The van der Waals surface area contributed by atoms with Crippen LogP contribution in [0.2, 0.25) is 0 Å². The highest BCUT2D eigenvalue weighted by Crippen LogP contribution is 2.27. The number of nitrogens with one attached hydrogen (secondary N) is 1. The summed E-state index contributed by atoms with van der Waals surface area (Å²) in [5.41, 5.74) is 1.18. The number of hydrogen-bond donors (Lipinski definition) is 1. The van der Waals surface area contributed by atoms with E-state index < -0.39 is 10.0 Å². The summed E-state index contributed by atoms with van der Waals surface area (Å²) in [4.78, 5) is 30.0. The number of hydrogen-bond acceptors (Lipinski definition) is 4. The van der Waals surface area contributed by atoms with E-state index in [1.807, 2.05) is 11.8 Å². The summed E-state index contributed by atoms with van der Waals surface area (Å²) < 4.78 is 27.8. The molecular formula is C23H33N3O4S. The molecule has 1 saturated carbocycles. The summed E-state index contributed by atoms with van der Waals surface area (Å²) in [7, 11) is -3.61. The van der Waals surface area contributed by atoms with E-state index in [9.17, 15) is 18.0 Å². The quantitative estimate of drug-likeness (QED) is 0.752. The summed E-state index contributed by atoms with van der Waals surface area (Å²) in [6.07, 6.45) is 5.30. The molecule has 1 N–H and O–H groups in total. The maximum Gasteiger partial charge on any atom is 0.254 e. The van der Waals surface area contributed by atoms with Crippen molar-refractivity contribution in [2.24, 2.45) is 11.8 Å². The zero-order chi connectivity index (χ0) is 22.2. The summed E-state index contributed by atoms with van der Waals surface area (Å²) in [6, 6.07) is 4.77. The molecule has 2 heterocycles. The summed E-state index contributed by atoms with van der Waals surface area (Å²) in [6.45, 7) is 6.75. The van der Waals surface area contributed by atoms with Gasteiger partial charge in [0.25, 0.3) is 5.91 Å². The molecule has 1 aliphatic carbocycles. The molecule has 1 aromatic rings. The van der Waals surface area contributed by atoms with E-state index in [-0.39, 0.29) is 28.7 Å². The summed E-state index contributed by atoms with van der Waals surface area (Å²) in [5.74, 6) is 0.609. The largest absolute Gasteiger partial charge is 0.342 e. The number of piperidine rings is 2. The van der Waals surface area contributed by atoms with Gasteiger partial charge < -0.3 is 9.80 Å². The number of sulfonamides is 1. The fraction of sp³-hybridized carbons (Fsp3) is 0.652. The Kier molecular flexibility index (Phi) is 6.40. The molecule has 170 valence electrons. The van der Waals surface area contributed by atoms with Gasteiger partial charge in [0.05, 0.1) is 4.90 Å². The molecule has 0 unspecified atom stereocenters. The number of rotatable bonds is 5. The lowest BCUT2D eigenvalue weighted by Crippen LogP contribution is -2.47. The Hall–Kier alpha value is -1.93. The average molecular weight is 448 g/mol. The normalized spacial score (nSPS) is 23.1. The number of nitrogens with zero attached hydrogens (tertiary/aromatic N) is 2. The first kappa shape index (κ1) is 22.3. The van der Waals surface area contributed by atoms with Gasteiger partial charge in [-0.1, -0.05) is 13.0 Å². The zero-order valence-corrected chi connectivity index (χ0v) is 19.3. The van der Waals surface area contributed by atoms with Gasteiger partial charge in [0.15, 0.2) is 0 Å². The minimum Gasteiger partial charge on any atom is -0.342 e. The highest BCUT2D eigenvalue weighted by molar-refractivity contribution is 7.89. The van der Waals surface area contributed by atoms with Crippen molar-refractivity contribution in [3.05, 3.63) is 29.3 Å². The molecule has 0 spiro atoms. The Morgan fingerprint density at radius 3 is 2.35 bits per heavy atom. The fourth-order valence-corrected chi connectivity index (χ4v) is 5.97. The molecule has 0 radical (unpaired) electrons. The summed E-state index contributed by atoms with van der Waals surface area (Å²) in [5, 5.41) is 0. The van der Waals surface area contributed by atoms with E-state index >= 15 is 0 Å². The Balaban J connectivity index is 1.40. The predicted molar refractivity (Wildman–Crippen MR) is 118 cm³/mol. The van der Waals surface area contributed by atoms with Crippen LogP contribution in [0.15, 0.2) is 23.1 Å². The molecule has 2 aliphatic heterocycles. The molecule has 2 saturated heterocycles. The van der Waals surface area contributed by atoms with Crippen molar-refractivity contribution < 1.29 is 18.0 Å². The van der Waals surface area contributed by atoms with E-state index in [4.69, 9.17) is 0 Å². The van der Waals surface area contributed by atoms with Crippen molar-refractivity contribution in [3.8, 4) is 0 Å². The van der Waals surface area contributed by atoms with Crippen LogP contribution in [0.4, 0.5) is 0 Å². The first-order valence-electron chi connectivity index (χ1n) is 11.5. The fourth-order valence-electron chi connectivity index (χ4n) is 4.63. The molecule has 3 aliphatic rings. The van der Waals surface area contributed by atoms with Crippen LogP contribution in [0.5, 0.6) is 0 Å². The Morgan fingerprint density at radius 2 is 1.71 bits per heavy atom. The monoisotopic (exact) mass is 447 g/mol. The highest BCUT2D eigenvalue weighted by atomic mass is 32.2. The Bertz CT molecular complexity index is 950. The third kappa shape index (κ3) is 5.12. The van der Waals surface area contributed by atoms with Crippen molar-refractivity contribution >= 4 is 21.8 Å². The third-order valence-corrected chi connectivity index (χ3v) is 8.27. The molecule has 2 amide bonds. The van der Waals surface area contributed by atoms with Crippen molar-refractivity contribution in [2.45, 2.75) is 63.3 Å². The van der Waals surface area contributed by atoms with E-state index in [1.165, 1.54) is 12.5 Å². The van der Waals surface area contributed by atoms with E-state index in [2.05, 4.69) is 11.6 Å². The molecule has 1 atom stereocenters. The van der Waals surface area contributed by atoms with Gasteiger partial charge in [0.1, 0.15) is 0 Å². The molecule has 3 fully saturated rings. The summed E-state index contributed by atoms with van der Waals surface area (Å²) >= 11 is 0. The molecule has 31 heavy (non-hydrogen) atoms. The first-order valence-corrected chi connectivity index (χ1v) is 12.9. The number of amides is 2. The van der Waals surface area contributed by atoms with Gasteiger partial charge in [-0.3, -0.25) is 9.59 Å². The van der Waals surface area contributed by atoms with Gasteiger partial charge in [-0.15, -0.1) is 0 Å². The SMILES string of the molecule is Cc1ccc(S(=O)(=O)NC2CC2)cc1C(=O)N1CCC(C(=O)N2CCC[C@H](C)C2)CC1. The van der Waals surface area contributed by atoms with Crippen molar-refractivity contribution in [2.75, 3.05) is 26.2 Å². The van der Waals surface area contributed by atoms with Crippen molar-refractivity contribution in [1.82, 2.24) is 14.5 Å². The minimum absolute atomic E-state index is 0.0184. The van der Waals surface area contributed by atoms with Crippen LogP contribution in [0.25, 0.3) is 0 Å². The molecule has 0 bridgehead atoms. The maximum absolute atomic E-state index is 13.2. The smallest absolute Gasteiger partial charge is 0.254 e. The van der Waals surface area contributed by atoms with Crippen LogP contribution < -0.4 is 4.72 Å². The topological polar surface area (TPSA) is 86.8 Å². The second-order valence-electron chi connectivity index (χ2n) is 9.47. The van der Waals surface area contributed by atoms with E-state index in [0.29, 0.717) is 37.4 Å². The highest BCUT2D eigenvalue weighted by Gasteiger charge is 2.33. The molecule has 0 aromatic heterocycles. The number of benzene rings is 1. The van der Waals surface area contributed by atoms with Crippen LogP contribution in [-0.4, -0.2) is 62.3 Å². The number of aryl methyl sites for hydroxylation is 1. The molecular weight excluding hydrogens is 414 g/mol. The minimum atomic E-state index is -3.61. The predicted octanol–water partition coefficient (Wildman–Crippen LogP) is 2.55. The van der Waals surface area contributed by atoms with Gasteiger partial charge in [0.2, 0.25) is 15.9 Å². The van der Waals surface area contributed by atoms with Gasteiger partial charge in [-0.05, 0) is 69.1 Å². The Morgan fingerprint density at radius 1 is 1.00 bits per heavy atom. The van der Waals surface area contributed by atoms with Gasteiger partial charge in [-0.25, -0.2) is 13.1 Å². The van der Waals surface area contributed by atoms with Crippen LogP contribution in [0, 0.1) is 18.8 Å². The molecule has 8 heteroatoms. The number of carbonyl (C=O) groups excluding carboxylic acids is 2. The lowest BCUT2D eigenvalue weighted by Gasteiger charge is -2.37. The van der Waals surface area contributed by atoms with E-state index in [0.717, 1.165) is 37.9 Å². The first-order chi connectivity index (χ1) is 14.7. The number of likely N-dealkylation sites (tertiary alicyclic amines) is 2. The molecule has 1 aromatic carbocycles. The second-order valence-corrected chi connectivity index (χ2v) is 11.2. The van der Waals surface area contributed by atoms with Gasteiger partial charge in [0, 0.05) is 43.7 Å². The van der Waals surface area contributed by atoms with Crippen molar-refractivity contribution in [3.63, 3.8) is 0 Å². The number of carbonyl (C=O) groups is 2. The standard InChI is InChI=1S/C23H33N3O4S/c1-16-4-3-11-26(15-16)22(27)18-9-12-25(13-10-18)23(28)21-14-20(8-5-17(21)2)31(29,30)24-19-6-7-19/h5,8,14,16,18-19,24H,3-4,6-7,9-13,15H2,1-2H3/t16-/m0/s1. The van der Waals surface area contributed by atoms with Gasteiger partial charge in [-0.2, -0.15) is 0 Å². The molecule has 7 nitrogen and oxygen atoms in total. The van der Waals surface area contributed by atoms with Gasteiger partial charge >= 0.3 is 0 Å². The van der Waals surface area contributed by atoms with Crippen molar-refractivity contribution in [1.29, 1.82) is 0 Å². The van der Waals surface area contributed by atoms with E-state index in [1.54, 1.807) is 17.0 Å². The van der Waals surface area contributed by atoms with Crippen LogP contribution in [-0.2, 0) is 14.8 Å². The zero-order valence-electron chi connectivity index (χ0n) is 18.5. The Labute approximate surface area is 185 Å². The van der Waals surface area contributed by atoms with Crippen LogP contribution in [0.3, 0.4) is 0 Å². The third-order valence-electron chi connectivity index (χ3n) is 6.75. The second kappa shape index (κ2) is 8.90. The maximum atomic E-state index is 13.2. The van der Waals surface area contributed by atoms with Crippen LogP contribution in [0.1, 0.15) is 61.4 Å². The average Bonchev–Trinajstić information content (AvgIpc) is 3.56. The lowest BCUT2D eigenvalue weighted by molar-refractivity contribution is -0.138. The van der Waals surface area contributed by atoms with Crippen LogP contribution >= 0.6 is 0 Å². The lowest BCUT2D eigenvalue weighted by atomic mass is 9.92.